The molecule has 2 aromatic rings. The van der Waals surface area contributed by atoms with Crippen LogP contribution in [0.5, 0.6) is 0 Å². The Balaban J connectivity index is 2.03. The normalized spacial score (nSPS) is 10.6. The van der Waals surface area contributed by atoms with E-state index in [0.717, 1.165) is 23.4 Å². The third-order valence-corrected chi connectivity index (χ3v) is 3.80. The maximum atomic E-state index is 6.32. The van der Waals surface area contributed by atoms with E-state index < -0.39 is 0 Å². The van der Waals surface area contributed by atoms with Crippen LogP contribution in [0.25, 0.3) is 0 Å². The fourth-order valence-electron chi connectivity index (χ4n) is 2.20. The Labute approximate surface area is 132 Å². The third kappa shape index (κ3) is 4.73. The van der Waals surface area contributed by atoms with E-state index in [1.165, 1.54) is 16.7 Å². The lowest BCUT2D eigenvalue weighted by atomic mass is 10.0. The molecule has 21 heavy (non-hydrogen) atoms. The molecule has 0 unspecified atom stereocenters. The van der Waals surface area contributed by atoms with Crippen LogP contribution >= 0.6 is 11.6 Å². The van der Waals surface area contributed by atoms with Crippen LogP contribution in [0.4, 0.5) is 0 Å². The summed E-state index contributed by atoms with van der Waals surface area (Å²) in [6, 6.07) is 14.9. The Morgan fingerprint density at radius 1 is 1.05 bits per heavy atom. The van der Waals surface area contributed by atoms with Gasteiger partial charge in [-0.15, -0.1) is 6.58 Å². The third-order valence-electron chi connectivity index (χ3n) is 3.45. The van der Waals surface area contributed by atoms with E-state index in [0.29, 0.717) is 13.2 Å². The summed E-state index contributed by atoms with van der Waals surface area (Å²) >= 11 is 6.32. The van der Waals surface area contributed by atoms with Crippen LogP contribution < -0.4 is 0 Å². The van der Waals surface area contributed by atoms with Crippen LogP contribution in [0.15, 0.2) is 55.1 Å². The molecule has 0 saturated carbocycles. The molecule has 1 nitrogen and oxygen atoms in total. The average Bonchev–Trinajstić information content (AvgIpc) is 2.50. The zero-order valence-electron chi connectivity index (χ0n) is 12.4. The van der Waals surface area contributed by atoms with Crippen molar-refractivity contribution in [3.05, 3.63) is 82.4 Å². The van der Waals surface area contributed by atoms with Crippen LogP contribution in [-0.4, -0.2) is 6.61 Å². The number of aryl methyl sites for hydroxylation is 1. The highest BCUT2D eigenvalue weighted by Crippen LogP contribution is 2.21. The van der Waals surface area contributed by atoms with Gasteiger partial charge in [-0.1, -0.05) is 61.0 Å². The minimum Gasteiger partial charge on any atom is -0.373 e. The van der Waals surface area contributed by atoms with Gasteiger partial charge >= 0.3 is 0 Å². The van der Waals surface area contributed by atoms with E-state index in [1.54, 1.807) is 6.08 Å². The fraction of sp³-hybridized carbons (Fsp3) is 0.263. The second kappa shape index (κ2) is 8.02. The Morgan fingerprint density at radius 2 is 1.71 bits per heavy atom. The molecule has 0 atom stereocenters. The van der Waals surface area contributed by atoms with Crippen LogP contribution in [0.2, 0.25) is 5.02 Å². The topological polar surface area (TPSA) is 9.23 Å². The molecule has 0 spiro atoms. The van der Waals surface area contributed by atoms with E-state index in [4.69, 9.17) is 16.3 Å². The van der Waals surface area contributed by atoms with Crippen LogP contribution in [-0.2, 0) is 24.2 Å². The van der Waals surface area contributed by atoms with Gasteiger partial charge in [0.25, 0.3) is 0 Å². The maximum Gasteiger partial charge on any atom is 0.0735 e. The highest BCUT2D eigenvalue weighted by atomic mass is 35.5. The summed E-state index contributed by atoms with van der Waals surface area (Å²) in [5, 5.41) is 0.766. The molecule has 0 heterocycles. The summed E-state index contributed by atoms with van der Waals surface area (Å²) in [7, 11) is 0. The van der Waals surface area contributed by atoms with E-state index in [1.807, 2.05) is 12.1 Å². The van der Waals surface area contributed by atoms with Gasteiger partial charge in [0.2, 0.25) is 0 Å². The molecule has 110 valence electrons. The summed E-state index contributed by atoms with van der Waals surface area (Å²) in [5.74, 6) is 0. The highest BCUT2D eigenvalue weighted by molar-refractivity contribution is 6.31. The lowest BCUT2D eigenvalue weighted by Crippen LogP contribution is -1.95. The van der Waals surface area contributed by atoms with Gasteiger partial charge in [-0.2, -0.15) is 0 Å². The summed E-state index contributed by atoms with van der Waals surface area (Å²) in [4.78, 5) is 0. The van der Waals surface area contributed by atoms with Crippen molar-refractivity contribution in [2.75, 3.05) is 6.61 Å². The predicted molar refractivity (Wildman–Crippen MR) is 89.9 cm³/mol. The van der Waals surface area contributed by atoms with Crippen molar-refractivity contribution in [2.24, 2.45) is 0 Å². The number of ether oxygens (including phenoxy) is 1. The zero-order chi connectivity index (χ0) is 15.1. The molecule has 0 saturated heterocycles. The number of benzene rings is 2. The lowest BCUT2D eigenvalue weighted by Gasteiger charge is -2.08. The summed E-state index contributed by atoms with van der Waals surface area (Å²) in [5.41, 5.74) is 4.91. The predicted octanol–water partition coefficient (Wildman–Crippen LogP) is 5.20. The first-order valence-corrected chi connectivity index (χ1v) is 7.64. The van der Waals surface area contributed by atoms with Gasteiger partial charge in [-0.3, -0.25) is 0 Å². The first-order valence-electron chi connectivity index (χ1n) is 7.26. The quantitative estimate of drug-likeness (QED) is 0.505. The fourth-order valence-corrected chi connectivity index (χ4v) is 2.46. The molecule has 2 heteroatoms. The van der Waals surface area contributed by atoms with Crippen molar-refractivity contribution in [3.63, 3.8) is 0 Å². The number of hydrogen-bond donors (Lipinski definition) is 0. The number of rotatable bonds is 7. The van der Waals surface area contributed by atoms with Crippen molar-refractivity contribution in [3.8, 4) is 0 Å². The smallest absolute Gasteiger partial charge is 0.0735 e. The SMILES string of the molecule is C=CCOCc1ccc(Cc2ccc(CC)cc2)cc1Cl. The number of hydrogen-bond acceptors (Lipinski definition) is 1. The van der Waals surface area contributed by atoms with Gasteiger partial charge in [0.15, 0.2) is 0 Å². The van der Waals surface area contributed by atoms with Crippen molar-refractivity contribution in [1.29, 1.82) is 0 Å². The molecule has 0 aliphatic rings. The molecule has 0 aromatic heterocycles. The maximum absolute atomic E-state index is 6.32. The molecular weight excluding hydrogens is 280 g/mol. The molecule has 0 N–H and O–H groups in total. The largest absolute Gasteiger partial charge is 0.373 e. The van der Waals surface area contributed by atoms with E-state index in [2.05, 4.69) is 43.8 Å². The van der Waals surface area contributed by atoms with Gasteiger partial charge in [0.05, 0.1) is 13.2 Å². The van der Waals surface area contributed by atoms with Crippen LogP contribution in [0.1, 0.15) is 29.2 Å². The molecule has 2 rings (SSSR count). The van der Waals surface area contributed by atoms with Gasteiger partial charge in [0, 0.05) is 5.02 Å². The standard InChI is InChI=1S/C19H21ClO/c1-3-11-21-14-18-10-9-17(13-19(18)20)12-16-7-5-15(4-2)6-8-16/h3,5-10,13H,1,4,11-12,14H2,2H3. The summed E-state index contributed by atoms with van der Waals surface area (Å²) in [6.45, 7) is 6.87. The summed E-state index contributed by atoms with van der Waals surface area (Å²) in [6.07, 6.45) is 3.71. The van der Waals surface area contributed by atoms with E-state index in [9.17, 15) is 0 Å². The molecule has 0 amide bonds. The first-order chi connectivity index (χ1) is 10.2. The second-order valence-electron chi connectivity index (χ2n) is 5.08. The molecule has 0 radical (unpaired) electrons. The minimum atomic E-state index is 0.524. The van der Waals surface area contributed by atoms with Crippen molar-refractivity contribution in [1.82, 2.24) is 0 Å². The van der Waals surface area contributed by atoms with Gasteiger partial charge < -0.3 is 4.74 Å². The van der Waals surface area contributed by atoms with Crippen molar-refractivity contribution < 1.29 is 4.74 Å². The highest BCUT2D eigenvalue weighted by Gasteiger charge is 2.03. The van der Waals surface area contributed by atoms with Crippen LogP contribution in [0.3, 0.4) is 0 Å². The van der Waals surface area contributed by atoms with Crippen LogP contribution in [0, 0.1) is 0 Å². The Kier molecular flexibility index (Phi) is 6.04. The molecule has 2 aromatic carbocycles. The number of halogens is 1. The Hall–Kier alpha value is -1.57. The molecule has 0 fully saturated rings. The van der Waals surface area contributed by atoms with Gasteiger partial charge in [-0.25, -0.2) is 0 Å². The Bertz CT molecular complexity index is 587. The van der Waals surface area contributed by atoms with E-state index >= 15 is 0 Å². The zero-order valence-corrected chi connectivity index (χ0v) is 13.2. The summed E-state index contributed by atoms with van der Waals surface area (Å²) < 4.78 is 5.43. The first kappa shape index (κ1) is 15.8. The average molecular weight is 301 g/mol. The lowest BCUT2D eigenvalue weighted by molar-refractivity contribution is 0.149. The van der Waals surface area contributed by atoms with Gasteiger partial charge in [-0.05, 0) is 41.2 Å². The van der Waals surface area contributed by atoms with E-state index in [-0.39, 0.29) is 0 Å². The second-order valence-corrected chi connectivity index (χ2v) is 5.48. The van der Waals surface area contributed by atoms with Crippen molar-refractivity contribution in [2.45, 2.75) is 26.4 Å². The van der Waals surface area contributed by atoms with Gasteiger partial charge in [0.1, 0.15) is 0 Å². The molecular formula is C19H21ClO. The molecule has 0 aliphatic heterocycles. The Morgan fingerprint density at radius 3 is 2.33 bits per heavy atom. The van der Waals surface area contributed by atoms with Crippen molar-refractivity contribution >= 4 is 11.6 Å². The monoisotopic (exact) mass is 300 g/mol. The molecule has 0 bridgehead atoms. The minimum absolute atomic E-state index is 0.524. The molecule has 0 aliphatic carbocycles.